The van der Waals surface area contributed by atoms with Crippen LogP contribution in [0.1, 0.15) is 36.1 Å². The molecule has 0 fully saturated rings. The monoisotopic (exact) mass is 300 g/mol. The van der Waals surface area contributed by atoms with Gasteiger partial charge in [-0.15, -0.1) is 0 Å². The maximum absolute atomic E-state index is 5.93. The van der Waals surface area contributed by atoms with Gasteiger partial charge in [0, 0.05) is 22.7 Å². The third-order valence-corrected chi connectivity index (χ3v) is 3.99. The highest BCUT2D eigenvalue weighted by atomic mass is 14.6. The van der Waals surface area contributed by atoms with Gasteiger partial charge in [-0.2, -0.15) is 0 Å². The summed E-state index contributed by atoms with van der Waals surface area (Å²) in [6, 6.07) is 7.75. The zero-order valence-corrected chi connectivity index (χ0v) is 14.0. The standard InChI is InChI=1S/C10H16N2.C8H12N2/c1-3-7-5-6-9(11)8(4-2)10(7)12;1-5-3-4-7(9)6(2)8(5)10/h5-6H,3-4,11-12H2,1-2H3;3-4H,9-10H2,1-2H3. The molecule has 4 heteroatoms. The molecule has 0 aliphatic carbocycles. The number of nitrogens with two attached hydrogens (primary N) is 4. The van der Waals surface area contributed by atoms with Gasteiger partial charge >= 0.3 is 0 Å². The van der Waals surface area contributed by atoms with Crippen LogP contribution in [0.4, 0.5) is 22.7 Å². The van der Waals surface area contributed by atoms with E-state index in [4.69, 9.17) is 22.9 Å². The molecule has 0 bridgehead atoms. The van der Waals surface area contributed by atoms with Crippen molar-refractivity contribution in [1.82, 2.24) is 0 Å². The normalized spacial score (nSPS) is 10.0. The van der Waals surface area contributed by atoms with Crippen LogP contribution < -0.4 is 22.9 Å². The van der Waals surface area contributed by atoms with Gasteiger partial charge in [-0.25, -0.2) is 0 Å². The molecule has 0 radical (unpaired) electrons. The fourth-order valence-electron chi connectivity index (χ4n) is 2.31. The van der Waals surface area contributed by atoms with Gasteiger partial charge in [-0.3, -0.25) is 0 Å². The van der Waals surface area contributed by atoms with E-state index in [9.17, 15) is 0 Å². The van der Waals surface area contributed by atoms with E-state index in [1.165, 1.54) is 5.56 Å². The summed E-state index contributed by atoms with van der Waals surface area (Å²) in [7, 11) is 0. The lowest BCUT2D eigenvalue weighted by Gasteiger charge is -2.10. The van der Waals surface area contributed by atoms with Crippen molar-refractivity contribution in [3.8, 4) is 0 Å². The third-order valence-electron chi connectivity index (χ3n) is 3.99. The number of rotatable bonds is 2. The molecule has 0 atom stereocenters. The Hall–Kier alpha value is -2.36. The van der Waals surface area contributed by atoms with Crippen molar-refractivity contribution in [3.63, 3.8) is 0 Å². The van der Waals surface area contributed by atoms with E-state index in [0.29, 0.717) is 0 Å². The maximum Gasteiger partial charge on any atom is 0.0399 e. The van der Waals surface area contributed by atoms with Crippen LogP contribution in [0.15, 0.2) is 24.3 Å². The Kier molecular flexibility index (Phi) is 6.11. The zero-order valence-electron chi connectivity index (χ0n) is 14.0. The van der Waals surface area contributed by atoms with Crippen molar-refractivity contribution in [1.29, 1.82) is 0 Å². The van der Waals surface area contributed by atoms with Crippen molar-refractivity contribution in [3.05, 3.63) is 46.5 Å². The second-order valence-electron chi connectivity index (χ2n) is 5.42. The summed E-state index contributed by atoms with van der Waals surface area (Å²) in [6.45, 7) is 8.07. The van der Waals surface area contributed by atoms with Gasteiger partial charge < -0.3 is 22.9 Å². The molecule has 0 unspecified atom stereocenters. The third kappa shape index (κ3) is 3.85. The average Bonchev–Trinajstić information content (AvgIpc) is 2.50. The van der Waals surface area contributed by atoms with Gasteiger partial charge in [0.15, 0.2) is 0 Å². The summed E-state index contributed by atoms with van der Waals surface area (Å²) >= 11 is 0. The van der Waals surface area contributed by atoms with E-state index in [-0.39, 0.29) is 0 Å². The summed E-state index contributed by atoms with van der Waals surface area (Å²) in [5.74, 6) is 0. The van der Waals surface area contributed by atoms with Crippen LogP contribution in [0.2, 0.25) is 0 Å². The molecule has 0 saturated heterocycles. The molecular formula is C18H28N4. The average molecular weight is 300 g/mol. The molecule has 0 amide bonds. The molecule has 2 aromatic carbocycles. The largest absolute Gasteiger partial charge is 0.398 e. The number of aryl methyl sites for hydroxylation is 2. The van der Waals surface area contributed by atoms with Crippen molar-refractivity contribution < 1.29 is 0 Å². The second-order valence-corrected chi connectivity index (χ2v) is 5.42. The Morgan fingerprint density at radius 2 is 1.32 bits per heavy atom. The molecular weight excluding hydrogens is 272 g/mol. The summed E-state index contributed by atoms with van der Waals surface area (Å²) in [6.07, 6.45) is 1.88. The lowest BCUT2D eigenvalue weighted by atomic mass is 10.0. The van der Waals surface area contributed by atoms with Gasteiger partial charge in [0.1, 0.15) is 0 Å². The smallest absolute Gasteiger partial charge is 0.0399 e. The van der Waals surface area contributed by atoms with Gasteiger partial charge in [0.25, 0.3) is 0 Å². The van der Waals surface area contributed by atoms with Crippen LogP contribution in [-0.4, -0.2) is 0 Å². The van der Waals surface area contributed by atoms with E-state index in [2.05, 4.69) is 13.8 Å². The predicted octanol–water partition coefficient (Wildman–Crippen LogP) is 3.44. The molecule has 120 valence electrons. The van der Waals surface area contributed by atoms with E-state index in [1.807, 2.05) is 38.1 Å². The fraction of sp³-hybridized carbons (Fsp3) is 0.333. The number of anilines is 4. The second kappa shape index (κ2) is 7.59. The van der Waals surface area contributed by atoms with Crippen LogP contribution in [-0.2, 0) is 12.8 Å². The Balaban J connectivity index is 0.000000224. The van der Waals surface area contributed by atoms with Crippen LogP contribution in [0.25, 0.3) is 0 Å². The Bertz CT molecular complexity index is 621. The number of hydrogen-bond acceptors (Lipinski definition) is 4. The summed E-state index contributed by atoms with van der Waals surface area (Å²) in [5, 5.41) is 0. The first kappa shape index (κ1) is 17.7. The van der Waals surface area contributed by atoms with E-state index in [1.54, 1.807) is 0 Å². The SMILES string of the molecule is CCc1ccc(N)c(CC)c1N.Cc1ccc(N)c(C)c1N. The highest BCUT2D eigenvalue weighted by molar-refractivity contribution is 5.65. The topological polar surface area (TPSA) is 104 Å². The number of hydrogen-bond donors (Lipinski definition) is 4. The Morgan fingerprint density at radius 3 is 1.82 bits per heavy atom. The van der Waals surface area contributed by atoms with Gasteiger partial charge in [0.05, 0.1) is 0 Å². The van der Waals surface area contributed by atoms with Gasteiger partial charge in [-0.05, 0) is 61.1 Å². The minimum Gasteiger partial charge on any atom is -0.398 e. The minimum absolute atomic E-state index is 0.767. The van der Waals surface area contributed by atoms with E-state index in [0.717, 1.165) is 52.3 Å². The van der Waals surface area contributed by atoms with Gasteiger partial charge in [0.2, 0.25) is 0 Å². The van der Waals surface area contributed by atoms with Crippen molar-refractivity contribution in [2.45, 2.75) is 40.5 Å². The molecule has 0 spiro atoms. The Morgan fingerprint density at radius 1 is 0.727 bits per heavy atom. The lowest BCUT2D eigenvalue weighted by Crippen LogP contribution is -2.02. The van der Waals surface area contributed by atoms with Crippen LogP contribution in [0, 0.1) is 13.8 Å². The Labute approximate surface area is 133 Å². The molecule has 0 aliphatic rings. The van der Waals surface area contributed by atoms with Crippen molar-refractivity contribution in [2.75, 3.05) is 22.9 Å². The highest BCUT2D eigenvalue weighted by Crippen LogP contribution is 2.24. The van der Waals surface area contributed by atoms with Crippen LogP contribution >= 0.6 is 0 Å². The first-order valence-corrected chi connectivity index (χ1v) is 7.60. The molecule has 22 heavy (non-hydrogen) atoms. The number of benzene rings is 2. The fourth-order valence-corrected chi connectivity index (χ4v) is 2.31. The lowest BCUT2D eigenvalue weighted by molar-refractivity contribution is 1.10. The quantitative estimate of drug-likeness (QED) is 0.638. The summed E-state index contributed by atoms with van der Waals surface area (Å²) < 4.78 is 0. The zero-order chi connectivity index (χ0) is 16.9. The molecule has 0 aliphatic heterocycles. The van der Waals surface area contributed by atoms with Crippen LogP contribution in [0.5, 0.6) is 0 Å². The molecule has 0 aromatic heterocycles. The molecule has 0 heterocycles. The maximum atomic E-state index is 5.93. The molecule has 2 rings (SSSR count). The first-order valence-electron chi connectivity index (χ1n) is 7.60. The molecule has 2 aromatic rings. The van der Waals surface area contributed by atoms with Crippen molar-refractivity contribution in [2.24, 2.45) is 0 Å². The van der Waals surface area contributed by atoms with Crippen LogP contribution in [0.3, 0.4) is 0 Å². The molecule has 0 saturated carbocycles. The molecule has 4 nitrogen and oxygen atoms in total. The summed E-state index contributed by atoms with van der Waals surface area (Å²) in [5.41, 5.74) is 30.6. The number of nitrogen functional groups attached to an aromatic ring is 4. The van der Waals surface area contributed by atoms with E-state index < -0.39 is 0 Å². The summed E-state index contributed by atoms with van der Waals surface area (Å²) in [4.78, 5) is 0. The first-order chi connectivity index (χ1) is 10.3. The molecule has 8 N–H and O–H groups in total. The van der Waals surface area contributed by atoms with E-state index >= 15 is 0 Å². The van der Waals surface area contributed by atoms with Gasteiger partial charge in [-0.1, -0.05) is 26.0 Å². The minimum atomic E-state index is 0.767. The van der Waals surface area contributed by atoms with Crippen molar-refractivity contribution >= 4 is 22.7 Å². The predicted molar refractivity (Wildman–Crippen MR) is 98.8 cm³/mol. The highest BCUT2D eigenvalue weighted by Gasteiger charge is 2.05.